The highest BCUT2D eigenvalue weighted by Crippen LogP contribution is 2.25. The standard InChI is InChI=1S/C23H21N3O/c1-15-10-11-18(19-13-24-25-14-19)12-22(15)23(27)26-16(2)20-9-5-7-17-6-3-4-8-21(17)20/h3-14,16H,1-2H3,(H,24,25)(H,26,27). The second-order valence-electron chi connectivity index (χ2n) is 6.78. The lowest BCUT2D eigenvalue weighted by Crippen LogP contribution is -2.27. The Morgan fingerprint density at radius 2 is 1.85 bits per heavy atom. The molecule has 2 N–H and O–H groups in total. The van der Waals surface area contributed by atoms with Crippen molar-refractivity contribution in [3.8, 4) is 11.1 Å². The molecule has 1 unspecified atom stereocenters. The molecular weight excluding hydrogens is 334 g/mol. The van der Waals surface area contributed by atoms with Gasteiger partial charge in [-0.05, 0) is 47.4 Å². The van der Waals surface area contributed by atoms with E-state index < -0.39 is 0 Å². The van der Waals surface area contributed by atoms with Crippen molar-refractivity contribution in [1.82, 2.24) is 15.5 Å². The molecule has 1 amide bonds. The van der Waals surface area contributed by atoms with Gasteiger partial charge in [0, 0.05) is 17.3 Å². The molecule has 1 heterocycles. The molecule has 27 heavy (non-hydrogen) atoms. The molecule has 4 aromatic rings. The van der Waals surface area contributed by atoms with Crippen LogP contribution in [0, 0.1) is 6.92 Å². The zero-order valence-electron chi connectivity index (χ0n) is 15.4. The van der Waals surface area contributed by atoms with Crippen LogP contribution in [0.3, 0.4) is 0 Å². The van der Waals surface area contributed by atoms with Crippen LogP contribution in [0.4, 0.5) is 0 Å². The Labute approximate surface area is 158 Å². The second-order valence-corrected chi connectivity index (χ2v) is 6.78. The summed E-state index contributed by atoms with van der Waals surface area (Å²) in [5, 5.41) is 12.3. The van der Waals surface area contributed by atoms with Gasteiger partial charge >= 0.3 is 0 Å². The van der Waals surface area contributed by atoms with Crippen LogP contribution in [0.25, 0.3) is 21.9 Å². The van der Waals surface area contributed by atoms with E-state index in [0.717, 1.165) is 27.6 Å². The Bertz CT molecular complexity index is 1090. The Morgan fingerprint density at radius 1 is 1.04 bits per heavy atom. The van der Waals surface area contributed by atoms with Gasteiger partial charge in [0.15, 0.2) is 0 Å². The summed E-state index contributed by atoms with van der Waals surface area (Å²) >= 11 is 0. The highest BCUT2D eigenvalue weighted by atomic mass is 16.1. The predicted molar refractivity (Wildman–Crippen MR) is 109 cm³/mol. The van der Waals surface area contributed by atoms with E-state index in [0.29, 0.717) is 5.56 Å². The van der Waals surface area contributed by atoms with Crippen molar-refractivity contribution < 1.29 is 4.79 Å². The number of rotatable bonds is 4. The average molecular weight is 355 g/mol. The molecule has 0 aliphatic rings. The van der Waals surface area contributed by atoms with E-state index in [4.69, 9.17) is 0 Å². The topological polar surface area (TPSA) is 57.8 Å². The molecule has 0 saturated carbocycles. The third kappa shape index (κ3) is 3.34. The molecule has 0 fully saturated rings. The van der Waals surface area contributed by atoms with E-state index in [1.54, 1.807) is 6.20 Å². The number of aryl methyl sites for hydroxylation is 1. The third-order valence-electron chi connectivity index (χ3n) is 4.95. The number of fused-ring (bicyclic) bond motifs is 1. The first kappa shape index (κ1) is 17.0. The van der Waals surface area contributed by atoms with E-state index in [2.05, 4.69) is 39.8 Å². The number of hydrogen-bond donors (Lipinski definition) is 2. The van der Waals surface area contributed by atoms with Crippen LogP contribution in [-0.2, 0) is 0 Å². The number of aromatic nitrogens is 2. The summed E-state index contributed by atoms with van der Waals surface area (Å²) < 4.78 is 0. The molecule has 0 aliphatic carbocycles. The Balaban J connectivity index is 1.63. The molecule has 1 atom stereocenters. The number of nitrogens with zero attached hydrogens (tertiary/aromatic N) is 1. The summed E-state index contributed by atoms with van der Waals surface area (Å²) in [4.78, 5) is 13.0. The first-order valence-electron chi connectivity index (χ1n) is 9.02. The molecule has 134 valence electrons. The number of carbonyl (C=O) groups excluding carboxylic acids is 1. The first-order valence-corrected chi connectivity index (χ1v) is 9.02. The fourth-order valence-electron chi connectivity index (χ4n) is 3.44. The van der Waals surface area contributed by atoms with Gasteiger partial charge in [-0.15, -0.1) is 0 Å². The highest BCUT2D eigenvalue weighted by molar-refractivity contribution is 5.97. The molecule has 4 rings (SSSR count). The summed E-state index contributed by atoms with van der Waals surface area (Å²) in [5.41, 5.74) is 4.68. The summed E-state index contributed by atoms with van der Waals surface area (Å²) in [6, 6.07) is 20.2. The van der Waals surface area contributed by atoms with Gasteiger partial charge in [-0.25, -0.2) is 0 Å². The molecule has 3 aromatic carbocycles. The van der Waals surface area contributed by atoms with Crippen LogP contribution in [0.15, 0.2) is 73.1 Å². The van der Waals surface area contributed by atoms with Crippen molar-refractivity contribution in [2.45, 2.75) is 19.9 Å². The van der Waals surface area contributed by atoms with Gasteiger partial charge in [-0.2, -0.15) is 5.10 Å². The van der Waals surface area contributed by atoms with Crippen molar-refractivity contribution in [1.29, 1.82) is 0 Å². The minimum absolute atomic E-state index is 0.0710. The first-order chi connectivity index (χ1) is 13.1. The number of carbonyl (C=O) groups is 1. The quantitative estimate of drug-likeness (QED) is 0.539. The Kier molecular flexibility index (Phi) is 4.47. The zero-order valence-corrected chi connectivity index (χ0v) is 15.4. The molecule has 4 heteroatoms. The van der Waals surface area contributed by atoms with Crippen LogP contribution in [0.2, 0.25) is 0 Å². The van der Waals surface area contributed by atoms with E-state index in [9.17, 15) is 4.79 Å². The van der Waals surface area contributed by atoms with Gasteiger partial charge in [0.25, 0.3) is 5.91 Å². The monoisotopic (exact) mass is 355 g/mol. The number of hydrogen-bond acceptors (Lipinski definition) is 2. The Hall–Kier alpha value is -3.40. The Morgan fingerprint density at radius 3 is 2.67 bits per heavy atom. The molecule has 0 saturated heterocycles. The van der Waals surface area contributed by atoms with Gasteiger partial charge in [-0.3, -0.25) is 9.89 Å². The van der Waals surface area contributed by atoms with Crippen LogP contribution >= 0.6 is 0 Å². The number of amides is 1. The molecule has 0 aliphatic heterocycles. The van der Waals surface area contributed by atoms with Gasteiger partial charge < -0.3 is 5.32 Å². The predicted octanol–water partition coefficient (Wildman–Crippen LogP) is 5.03. The minimum atomic E-state index is -0.0967. The highest BCUT2D eigenvalue weighted by Gasteiger charge is 2.16. The van der Waals surface area contributed by atoms with E-state index in [-0.39, 0.29) is 11.9 Å². The maximum absolute atomic E-state index is 13.0. The molecule has 0 bridgehead atoms. The van der Waals surface area contributed by atoms with Gasteiger partial charge in [0.05, 0.1) is 12.2 Å². The zero-order chi connectivity index (χ0) is 18.8. The smallest absolute Gasteiger partial charge is 0.252 e. The SMILES string of the molecule is Cc1ccc(-c2cn[nH]c2)cc1C(=O)NC(C)c1cccc2ccccc12. The maximum atomic E-state index is 13.0. The lowest BCUT2D eigenvalue weighted by Gasteiger charge is -2.18. The van der Waals surface area contributed by atoms with Crippen molar-refractivity contribution in [3.05, 3.63) is 89.7 Å². The van der Waals surface area contributed by atoms with Crippen LogP contribution in [0.5, 0.6) is 0 Å². The van der Waals surface area contributed by atoms with Crippen LogP contribution < -0.4 is 5.32 Å². The summed E-state index contributed by atoms with van der Waals surface area (Å²) in [7, 11) is 0. The third-order valence-corrected chi connectivity index (χ3v) is 4.95. The van der Waals surface area contributed by atoms with Crippen LogP contribution in [-0.4, -0.2) is 16.1 Å². The lowest BCUT2D eigenvalue weighted by molar-refractivity contribution is 0.0939. The fourth-order valence-corrected chi connectivity index (χ4v) is 3.44. The number of aromatic amines is 1. The average Bonchev–Trinajstić information content (AvgIpc) is 3.22. The molecular formula is C23H21N3O. The van der Waals surface area contributed by atoms with Crippen molar-refractivity contribution in [3.63, 3.8) is 0 Å². The van der Waals surface area contributed by atoms with Gasteiger partial charge in [0.2, 0.25) is 0 Å². The van der Waals surface area contributed by atoms with E-state index >= 15 is 0 Å². The van der Waals surface area contributed by atoms with Crippen LogP contribution in [0.1, 0.15) is 34.5 Å². The number of nitrogens with one attached hydrogen (secondary N) is 2. The maximum Gasteiger partial charge on any atom is 0.252 e. The molecule has 0 radical (unpaired) electrons. The van der Waals surface area contributed by atoms with Gasteiger partial charge in [0.1, 0.15) is 0 Å². The van der Waals surface area contributed by atoms with E-state index in [1.165, 1.54) is 5.39 Å². The second kappa shape index (κ2) is 7.08. The van der Waals surface area contributed by atoms with Crippen molar-refractivity contribution in [2.75, 3.05) is 0 Å². The largest absolute Gasteiger partial charge is 0.345 e. The summed E-state index contributed by atoms with van der Waals surface area (Å²) in [5.74, 6) is -0.0710. The normalized spacial score (nSPS) is 12.1. The molecule has 4 nitrogen and oxygen atoms in total. The van der Waals surface area contributed by atoms with Gasteiger partial charge in [-0.1, -0.05) is 54.6 Å². The molecule has 0 spiro atoms. The summed E-state index contributed by atoms with van der Waals surface area (Å²) in [6.07, 6.45) is 3.58. The summed E-state index contributed by atoms with van der Waals surface area (Å²) in [6.45, 7) is 3.98. The number of benzene rings is 3. The van der Waals surface area contributed by atoms with Crippen molar-refractivity contribution in [2.24, 2.45) is 0 Å². The van der Waals surface area contributed by atoms with Crippen molar-refractivity contribution >= 4 is 16.7 Å². The lowest BCUT2D eigenvalue weighted by atomic mass is 9.98. The molecule has 1 aromatic heterocycles. The number of H-pyrrole nitrogens is 1. The minimum Gasteiger partial charge on any atom is -0.345 e. The van der Waals surface area contributed by atoms with E-state index in [1.807, 2.05) is 56.4 Å². The fraction of sp³-hybridized carbons (Fsp3) is 0.130.